The van der Waals surface area contributed by atoms with Gasteiger partial charge in [0.1, 0.15) is 4.88 Å². The average Bonchev–Trinajstić information content (AvgIpc) is 2.61. The summed E-state index contributed by atoms with van der Waals surface area (Å²) in [7, 11) is -1.75. The first kappa shape index (κ1) is 14.4. The van der Waals surface area contributed by atoms with Crippen molar-refractivity contribution in [1.29, 1.82) is 0 Å². The van der Waals surface area contributed by atoms with Crippen LogP contribution in [0.15, 0.2) is 12.1 Å². The molecule has 1 N–H and O–H groups in total. The molecule has 0 amide bonds. The van der Waals surface area contributed by atoms with Gasteiger partial charge in [-0.3, -0.25) is 0 Å². The van der Waals surface area contributed by atoms with Crippen molar-refractivity contribution in [2.24, 2.45) is 0 Å². The maximum absolute atomic E-state index is 10.8. The molecule has 0 saturated heterocycles. The fraction of sp³-hybridized carbons (Fsp3) is 0.583. The zero-order valence-corrected chi connectivity index (χ0v) is 12.9. The summed E-state index contributed by atoms with van der Waals surface area (Å²) in [6, 6.07) is 3.47. The van der Waals surface area contributed by atoms with Crippen molar-refractivity contribution >= 4 is 25.6 Å². The number of rotatable bonds is 4. The summed E-state index contributed by atoms with van der Waals surface area (Å²) in [6.45, 7) is 11.5. The molecular weight excluding hydrogens is 252 g/mol. The van der Waals surface area contributed by atoms with E-state index < -0.39 is 14.3 Å². The number of carboxylic acids is 1. The minimum Gasteiger partial charge on any atom is -0.477 e. The van der Waals surface area contributed by atoms with E-state index in [2.05, 4.69) is 33.9 Å². The lowest BCUT2D eigenvalue weighted by molar-refractivity contribution is 0.0702. The van der Waals surface area contributed by atoms with Gasteiger partial charge in [0.2, 0.25) is 0 Å². The summed E-state index contributed by atoms with van der Waals surface area (Å²) in [5, 5.41) is 9.01. The quantitative estimate of drug-likeness (QED) is 0.844. The molecule has 0 radical (unpaired) electrons. The predicted octanol–water partition coefficient (Wildman–Crippen LogP) is 3.97. The van der Waals surface area contributed by atoms with E-state index in [1.165, 1.54) is 11.3 Å². The summed E-state index contributed by atoms with van der Waals surface area (Å²) in [4.78, 5) is 12.1. The molecule has 0 aromatic carbocycles. The van der Waals surface area contributed by atoms with Gasteiger partial charge in [-0.2, -0.15) is 0 Å². The van der Waals surface area contributed by atoms with Crippen LogP contribution in [0.4, 0.5) is 0 Å². The van der Waals surface area contributed by atoms with Crippen LogP contribution in [0, 0.1) is 0 Å². The first-order valence-corrected chi connectivity index (χ1v) is 9.32. The second-order valence-electron chi connectivity index (χ2n) is 5.62. The zero-order valence-electron chi connectivity index (χ0n) is 11.0. The van der Waals surface area contributed by atoms with Crippen LogP contribution in [0.2, 0.25) is 18.1 Å². The molecule has 0 bridgehead atoms. The van der Waals surface area contributed by atoms with Crippen LogP contribution >= 0.6 is 11.3 Å². The van der Waals surface area contributed by atoms with E-state index in [-0.39, 0.29) is 5.04 Å². The van der Waals surface area contributed by atoms with Crippen LogP contribution in [-0.2, 0) is 11.0 Å². The highest BCUT2D eigenvalue weighted by atomic mass is 32.1. The number of thiophene rings is 1. The molecule has 5 heteroatoms. The molecule has 0 unspecified atom stereocenters. The minimum absolute atomic E-state index is 0.180. The van der Waals surface area contributed by atoms with E-state index in [1.807, 2.05) is 6.07 Å². The fourth-order valence-corrected chi connectivity index (χ4v) is 2.85. The summed E-state index contributed by atoms with van der Waals surface area (Å²) >= 11 is 1.29. The molecule has 0 fully saturated rings. The summed E-state index contributed by atoms with van der Waals surface area (Å²) in [5.74, 6) is -0.867. The summed E-state index contributed by atoms with van der Waals surface area (Å²) in [5.41, 5.74) is 0. The van der Waals surface area contributed by atoms with Crippen LogP contribution in [-0.4, -0.2) is 19.4 Å². The number of carboxylic acid groups (broad SMARTS) is 1. The maximum atomic E-state index is 10.8. The number of hydrogen-bond donors (Lipinski definition) is 1. The monoisotopic (exact) mass is 272 g/mol. The summed E-state index contributed by atoms with van der Waals surface area (Å²) < 4.78 is 6.03. The first-order valence-electron chi connectivity index (χ1n) is 5.59. The topological polar surface area (TPSA) is 46.5 Å². The Morgan fingerprint density at radius 3 is 2.41 bits per heavy atom. The Morgan fingerprint density at radius 2 is 2.00 bits per heavy atom. The first-order chi connectivity index (χ1) is 7.63. The Labute approximate surface area is 108 Å². The van der Waals surface area contributed by atoms with Crippen LogP contribution in [0.5, 0.6) is 0 Å². The molecule has 1 rings (SSSR count). The molecular formula is C12H20O3SSi. The number of aromatic carboxylic acids is 1. The Bertz CT molecular complexity index is 404. The largest absolute Gasteiger partial charge is 0.477 e. The van der Waals surface area contributed by atoms with Gasteiger partial charge in [-0.25, -0.2) is 4.79 Å². The highest BCUT2D eigenvalue weighted by molar-refractivity contribution is 7.13. The Morgan fingerprint density at radius 1 is 1.41 bits per heavy atom. The number of carbonyl (C=O) groups is 1. The lowest BCUT2D eigenvalue weighted by atomic mass is 10.2. The maximum Gasteiger partial charge on any atom is 0.345 e. The van der Waals surface area contributed by atoms with E-state index in [0.717, 1.165) is 4.88 Å². The van der Waals surface area contributed by atoms with Crippen molar-refractivity contribution in [2.45, 2.75) is 45.5 Å². The van der Waals surface area contributed by atoms with E-state index in [1.54, 1.807) is 6.07 Å². The van der Waals surface area contributed by atoms with Crippen molar-refractivity contribution in [3.63, 3.8) is 0 Å². The van der Waals surface area contributed by atoms with Gasteiger partial charge in [0.25, 0.3) is 0 Å². The molecule has 3 nitrogen and oxygen atoms in total. The van der Waals surface area contributed by atoms with Gasteiger partial charge in [0.15, 0.2) is 8.32 Å². The second-order valence-corrected chi connectivity index (χ2v) is 11.6. The lowest BCUT2D eigenvalue weighted by Gasteiger charge is -2.36. The van der Waals surface area contributed by atoms with Crippen LogP contribution < -0.4 is 0 Å². The van der Waals surface area contributed by atoms with Gasteiger partial charge in [-0.05, 0) is 30.3 Å². The zero-order chi connectivity index (χ0) is 13.3. The summed E-state index contributed by atoms with van der Waals surface area (Å²) in [6.07, 6.45) is 0. The van der Waals surface area contributed by atoms with Crippen LogP contribution in [0.3, 0.4) is 0 Å². The third-order valence-electron chi connectivity index (χ3n) is 3.25. The number of hydrogen-bond acceptors (Lipinski definition) is 3. The van der Waals surface area contributed by atoms with E-state index in [4.69, 9.17) is 9.53 Å². The van der Waals surface area contributed by atoms with Gasteiger partial charge >= 0.3 is 5.97 Å². The SMILES string of the molecule is CC(C)(C)[Si](C)(C)OCc1ccc(C(=O)O)s1. The predicted molar refractivity (Wildman–Crippen MR) is 73.3 cm³/mol. The normalized spacial score (nSPS) is 12.8. The molecule has 0 atom stereocenters. The van der Waals surface area contributed by atoms with Gasteiger partial charge in [0.05, 0.1) is 6.61 Å². The van der Waals surface area contributed by atoms with E-state index >= 15 is 0 Å². The Kier molecular flexibility index (Phi) is 4.17. The molecule has 0 spiro atoms. The van der Waals surface area contributed by atoms with Gasteiger partial charge in [-0.1, -0.05) is 20.8 Å². The van der Waals surface area contributed by atoms with Gasteiger partial charge < -0.3 is 9.53 Å². The molecule has 96 valence electrons. The van der Waals surface area contributed by atoms with Crippen molar-refractivity contribution in [2.75, 3.05) is 0 Å². The second kappa shape index (κ2) is 4.92. The van der Waals surface area contributed by atoms with Crippen molar-refractivity contribution < 1.29 is 14.3 Å². The molecule has 17 heavy (non-hydrogen) atoms. The van der Waals surface area contributed by atoms with E-state index in [0.29, 0.717) is 11.5 Å². The third kappa shape index (κ3) is 3.66. The fourth-order valence-electron chi connectivity index (χ4n) is 1.04. The smallest absolute Gasteiger partial charge is 0.345 e. The molecule has 0 saturated carbocycles. The average molecular weight is 272 g/mol. The lowest BCUT2D eigenvalue weighted by Crippen LogP contribution is -2.40. The van der Waals surface area contributed by atoms with E-state index in [9.17, 15) is 4.79 Å². The molecule has 1 aromatic heterocycles. The Balaban J connectivity index is 2.64. The van der Waals surface area contributed by atoms with Gasteiger partial charge in [0, 0.05) is 4.88 Å². The molecule has 0 aliphatic rings. The van der Waals surface area contributed by atoms with Crippen LogP contribution in [0.1, 0.15) is 35.3 Å². The minimum atomic E-state index is -1.75. The van der Waals surface area contributed by atoms with Gasteiger partial charge in [-0.15, -0.1) is 11.3 Å². The highest BCUT2D eigenvalue weighted by Crippen LogP contribution is 2.37. The van der Waals surface area contributed by atoms with Crippen molar-refractivity contribution in [3.8, 4) is 0 Å². The van der Waals surface area contributed by atoms with Crippen LogP contribution in [0.25, 0.3) is 0 Å². The molecule has 0 aliphatic carbocycles. The molecule has 1 heterocycles. The standard InChI is InChI=1S/C12H20O3SSi/c1-12(2,3)17(4,5)15-8-9-6-7-10(16-9)11(13)14/h6-7H,8H2,1-5H3,(H,13,14). The van der Waals surface area contributed by atoms with Crippen molar-refractivity contribution in [3.05, 3.63) is 21.9 Å². The van der Waals surface area contributed by atoms with Crippen molar-refractivity contribution in [1.82, 2.24) is 0 Å². The molecule has 1 aromatic rings. The molecule has 0 aliphatic heterocycles. The Hall–Kier alpha value is -0.653. The highest BCUT2D eigenvalue weighted by Gasteiger charge is 2.37. The third-order valence-corrected chi connectivity index (χ3v) is 8.78.